The van der Waals surface area contributed by atoms with E-state index in [4.69, 9.17) is 5.11 Å². The smallest absolute Gasteiger partial charge is 0.337 e. The Morgan fingerprint density at radius 3 is 2.15 bits per heavy atom. The highest BCUT2D eigenvalue weighted by atomic mass is 19.1. The maximum Gasteiger partial charge on any atom is 0.337 e. The van der Waals surface area contributed by atoms with Crippen LogP contribution < -0.4 is 10.6 Å². The zero-order chi connectivity index (χ0) is 14.4. The summed E-state index contributed by atoms with van der Waals surface area (Å²) >= 11 is 0. The number of para-hydroxylation sites is 2. The van der Waals surface area contributed by atoms with Crippen LogP contribution in [0.15, 0.2) is 48.5 Å². The molecule has 0 amide bonds. The van der Waals surface area contributed by atoms with Crippen LogP contribution in [0.25, 0.3) is 0 Å². The molecule has 0 unspecified atom stereocenters. The molecule has 0 saturated heterocycles. The van der Waals surface area contributed by atoms with E-state index in [-0.39, 0.29) is 11.4 Å². The number of carboxylic acid groups (broad SMARTS) is 1. The molecule has 0 aliphatic carbocycles. The van der Waals surface area contributed by atoms with Crippen LogP contribution in [0.5, 0.6) is 0 Å². The van der Waals surface area contributed by atoms with Gasteiger partial charge in [0, 0.05) is 18.8 Å². The lowest BCUT2D eigenvalue weighted by molar-refractivity contribution is 0.0698. The van der Waals surface area contributed by atoms with Gasteiger partial charge < -0.3 is 15.7 Å². The van der Waals surface area contributed by atoms with Crippen LogP contribution >= 0.6 is 0 Å². The molecule has 0 fully saturated rings. The molecule has 0 aliphatic rings. The molecular weight excluding hydrogens is 259 g/mol. The lowest BCUT2D eigenvalue weighted by Crippen LogP contribution is -2.16. The van der Waals surface area contributed by atoms with Gasteiger partial charge in [0.2, 0.25) is 0 Å². The van der Waals surface area contributed by atoms with E-state index in [2.05, 4.69) is 10.6 Å². The zero-order valence-electron chi connectivity index (χ0n) is 10.8. The molecule has 0 radical (unpaired) electrons. The van der Waals surface area contributed by atoms with Crippen LogP contribution in [-0.4, -0.2) is 24.2 Å². The van der Waals surface area contributed by atoms with Gasteiger partial charge in [-0.3, -0.25) is 0 Å². The van der Waals surface area contributed by atoms with Gasteiger partial charge in [0.15, 0.2) is 0 Å². The Balaban J connectivity index is 1.88. The maximum absolute atomic E-state index is 13.3. The van der Waals surface area contributed by atoms with E-state index in [0.717, 1.165) is 0 Å². The van der Waals surface area contributed by atoms with Crippen molar-refractivity contribution >= 4 is 17.3 Å². The molecule has 0 spiro atoms. The third kappa shape index (κ3) is 3.47. The lowest BCUT2D eigenvalue weighted by Gasteiger charge is -2.11. The second kappa shape index (κ2) is 6.56. The van der Waals surface area contributed by atoms with Crippen LogP contribution in [-0.2, 0) is 0 Å². The molecule has 104 valence electrons. The fraction of sp³-hybridized carbons (Fsp3) is 0.133. The molecule has 0 atom stereocenters. The molecule has 2 aromatic carbocycles. The molecular formula is C15H15FN2O2. The number of nitrogens with one attached hydrogen (secondary N) is 2. The highest BCUT2D eigenvalue weighted by molar-refractivity contribution is 5.94. The zero-order valence-corrected chi connectivity index (χ0v) is 10.8. The summed E-state index contributed by atoms with van der Waals surface area (Å²) in [6.45, 7) is 0.966. The summed E-state index contributed by atoms with van der Waals surface area (Å²) in [5.41, 5.74) is 1.20. The first-order valence-corrected chi connectivity index (χ1v) is 6.23. The monoisotopic (exact) mass is 274 g/mol. The van der Waals surface area contributed by atoms with Crippen molar-refractivity contribution in [3.05, 3.63) is 59.9 Å². The van der Waals surface area contributed by atoms with Gasteiger partial charge in [-0.1, -0.05) is 24.3 Å². The van der Waals surface area contributed by atoms with Crippen molar-refractivity contribution in [1.29, 1.82) is 0 Å². The average Bonchev–Trinajstić information content (AvgIpc) is 2.45. The Kier molecular flexibility index (Phi) is 4.55. The number of anilines is 2. The lowest BCUT2D eigenvalue weighted by atomic mass is 10.2. The average molecular weight is 274 g/mol. The Hall–Kier alpha value is -2.56. The fourth-order valence-electron chi connectivity index (χ4n) is 1.82. The number of hydrogen-bond acceptors (Lipinski definition) is 3. The van der Waals surface area contributed by atoms with Crippen molar-refractivity contribution < 1.29 is 14.3 Å². The van der Waals surface area contributed by atoms with Crippen molar-refractivity contribution in [3.8, 4) is 0 Å². The summed E-state index contributed by atoms with van der Waals surface area (Å²) in [6, 6.07) is 13.1. The predicted octanol–water partition coefficient (Wildman–Crippen LogP) is 3.05. The number of rotatable bonds is 6. The molecule has 0 aliphatic heterocycles. The Morgan fingerprint density at radius 2 is 1.50 bits per heavy atom. The number of hydrogen-bond donors (Lipinski definition) is 3. The number of halogens is 1. The first-order valence-electron chi connectivity index (χ1n) is 6.23. The van der Waals surface area contributed by atoms with Crippen molar-refractivity contribution in [1.82, 2.24) is 0 Å². The molecule has 3 N–H and O–H groups in total. The highest BCUT2D eigenvalue weighted by Gasteiger charge is 2.07. The van der Waals surface area contributed by atoms with Gasteiger partial charge >= 0.3 is 5.97 Å². The van der Waals surface area contributed by atoms with Crippen LogP contribution in [0.1, 0.15) is 10.4 Å². The second-order valence-electron chi connectivity index (χ2n) is 4.18. The van der Waals surface area contributed by atoms with Crippen LogP contribution in [0.2, 0.25) is 0 Å². The topological polar surface area (TPSA) is 61.4 Å². The fourth-order valence-corrected chi connectivity index (χ4v) is 1.82. The number of aromatic carboxylic acids is 1. The third-order valence-electron chi connectivity index (χ3n) is 2.79. The minimum Gasteiger partial charge on any atom is -0.478 e. The molecule has 2 rings (SSSR count). The SMILES string of the molecule is O=C(O)c1ccccc1NCCNc1ccccc1F. The van der Waals surface area contributed by atoms with E-state index in [1.807, 2.05) is 0 Å². The first-order chi connectivity index (χ1) is 9.68. The summed E-state index contributed by atoms with van der Waals surface area (Å²) in [4.78, 5) is 11.0. The second-order valence-corrected chi connectivity index (χ2v) is 4.18. The Labute approximate surface area is 116 Å². The predicted molar refractivity (Wildman–Crippen MR) is 76.8 cm³/mol. The Morgan fingerprint density at radius 1 is 0.950 bits per heavy atom. The van der Waals surface area contributed by atoms with Gasteiger partial charge in [-0.15, -0.1) is 0 Å². The van der Waals surface area contributed by atoms with Gasteiger partial charge in [0.05, 0.1) is 11.3 Å². The van der Waals surface area contributed by atoms with E-state index in [0.29, 0.717) is 24.5 Å². The van der Waals surface area contributed by atoms with Crippen molar-refractivity contribution in [2.75, 3.05) is 23.7 Å². The van der Waals surface area contributed by atoms with Crippen molar-refractivity contribution in [2.24, 2.45) is 0 Å². The van der Waals surface area contributed by atoms with Gasteiger partial charge in [0.1, 0.15) is 5.82 Å². The molecule has 0 aromatic heterocycles. The van der Waals surface area contributed by atoms with E-state index >= 15 is 0 Å². The van der Waals surface area contributed by atoms with Gasteiger partial charge in [-0.05, 0) is 24.3 Å². The standard InChI is InChI=1S/C15H15FN2O2/c16-12-6-2-4-8-14(12)18-10-9-17-13-7-3-1-5-11(13)15(19)20/h1-8,17-18H,9-10H2,(H,19,20). The summed E-state index contributed by atoms with van der Waals surface area (Å²) in [6.07, 6.45) is 0. The minimum atomic E-state index is -0.977. The van der Waals surface area contributed by atoms with Crippen LogP contribution in [0.3, 0.4) is 0 Å². The van der Waals surface area contributed by atoms with E-state index in [1.165, 1.54) is 12.1 Å². The summed E-state index contributed by atoms with van der Waals surface area (Å²) in [5.74, 6) is -1.28. The molecule has 4 nitrogen and oxygen atoms in total. The quantitative estimate of drug-likeness (QED) is 0.708. The number of carbonyl (C=O) groups is 1. The third-order valence-corrected chi connectivity index (χ3v) is 2.79. The summed E-state index contributed by atoms with van der Waals surface area (Å²) in [7, 11) is 0. The number of benzene rings is 2. The normalized spacial score (nSPS) is 10.1. The molecule has 2 aromatic rings. The van der Waals surface area contributed by atoms with Crippen LogP contribution in [0, 0.1) is 5.82 Å². The Bertz CT molecular complexity index is 602. The largest absolute Gasteiger partial charge is 0.478 e. The minimum absolute atomic E-state index is 0.221. The molecule has 20 heavy (non-hydrogen) atoms. The van der Waals surface area contributed by atoms with Crippen molar-refractivity contribution in [3.63, 3.8) is 0 Å². The van der Waals surface area contributed by atoms with E-state index in [1.54, 1.807) is 36.4 Å². The summed E-state index contributed by atoms with van der Waals surface area (Å²) < 4.78 is 13.3. The van der Waals surface area contributed by atoms with Gasteiger partial charge in [-0.2, -0.15) is 0 Å². The molecule has 0 saturated carbocycles. The maximum atomic E-state index is 13.3. The van der Waals surface area contributed by atoms with Gasteiger partial charge in [0.25, 0.3) is 0 Å². The van der Waals surface area contributed by atoms with Gasteiger partial charge in [-0.25, -0.2) is 9.18 Å². The molecule has 0 heterocycles. The van der Waals surface area contributed by atoms with E-state index < -0.39 is 5.97 Å². The highest BCUT2D eigenvalue weighted by Crippen LogP contribution is 2.15. The molecule has 5 heteroatoms. The number of carboxylic acids is 1. The molecule has 0 bridgehead atoms. The van der Waals surface area contributed by atoms with E-state index in [9.17, 15) is 9.18 Å². The first kappa shape index (κ1) is 13.9. The summed E-state index contributed by atoms with van der Waals surface area (Å²) in [5, 5.41) is 15.0. The van der Waals surface area contributed by atoms with Crippen LogP contribution in [0.4, 0.5) is 15.8 Å². The van der Waals surface area contributed by atoms with Crippen molar-refractivity contribution in [2.45, 2.75) is 0 Å².